The van der Waals surface area contributed by atoms with E-state index < -0.39 is 0 Å². The van der Waals surface area contributed by atoms with E-state index in [1.165, 1.54) is 0 Å². The van der Waals surface area contributed by atoms with Crippen molar-refractivity contribution in [2.45, 2.75) is 13.0 Å². The molecule has 8 rings (SSSR count). The lowest BCUT2D eigenvalue weighted by Crippen LogP contribution is -2.21. The zero-order chi connectivity index (χ0) is 30.9. The van der Waals surface area contributed by atoms with E-state index in [9.17, 15) is 0 Å². The number of para-hydroxylation sites is 1. The van der Waals surface area contributed by atoms with E-state index >= 15 is 0 Å². The molecule has 1 aliphatic rings. The lowest BCUT2D eigenvalue weighted by Gasteiger charge is -2.24. The maximum Gasteiger partial charge on any atom is 0.0963 e. The van der Waals surface area contributed by atoms with Crippen LogP contribution in [0.25, 0.3) is 55.7 Å². The van der Waals surface area contributed by atoms with Crippen LogP contribution in [0, 0.1) is 0 Å². The number of allylic oxidation sites excluding steroid dienone is 3. The first-order valence-corrected chi connectivity index (χ1v) is 15.4. The molecule has 7 aromatic rings. The molecule has 46 heavy (non-hydrogen) atoms. The summed E-state index contributed by atoms with van der Waals surface area (Å²) in [6.07, 6.45) is 15.9. The summed E-state index contributed by atoms with van der Waals surface area (Å²) in [7, 11) is 0. The molecule has 6 heterocycles. The van der Waals surface area contributed by atoms with E-state index in [0.717, 1.165) is 72.5 Å². The number of nitrogens with zero attached hydrogens (tertiary/aromatic N) is 5. The van der Waals surface area contributed by atoms with Crippen molar-refractivity contribution in [3.05, 3.63) is 169 Å². The van der Waals surface area contributed by atoms with Crippen LogP contribution in [-0.2, 0) is 0 Å². The predicted molar refractivity (Wildman–Crippen MR) is 186 cm³/mol. The van der Waals surface area contributed by atoms with Crippen LogP contribution in [0.1, 0.15) is 24.2 Å². The average Bonchev–Trinajstić information content (AvgIpc) is 3.47. The van der Waals surface area contributed by atoms with Gasteiger partial charge < -0.3 is 9.88 Å². The summed E-state index contributed by atoms with van der Waals surface area (Å²) in [6, 6.07) is 35.4. The van der Waals surface area contributed by atoms with Crippen LogP contribution in [0.3, 0.4) is 0 Å². The van der Waals surface area contributed by atoms with E-state index in [4.69, 9.17) is 9.97 Å². The molecule has 220 valence electrons. The Hall–Kier alpha value is -6.14. The zero-order valence-corrected chi connectivity index (χ0v) is 25.2. The summed E-state index contributed by atoms with van der Waals surface area (Å²) in [6.45, 7) is 2.03. The van der Waals surface area contributed by atoms with E-state index in [2.05, 4.69) is 105 Å². The fourth-order valence-electron chi connectivity index (χ4n) is 6.20. The van der Waals surface area contributed by atoms with Gasteiger partial charge in [0.05, 0.1) is 39.7 Å². The van der Waals surface area contributed by atoms with Crippen molar-refractivity contribution in [3.8, 4) is 28.2 Å². The molecule has 0 saturated carbocycles. The van der Waals surface area contributed by atoms with Gasteiger partial charge in [0.25, 0.3) is 0 Å². The Morgan fingerprint density at radius 2 is 1.46 bits per heavy atom. The molecule has 0 aliphatic carbocycles. The highest BCUT2D eigenvalue weighted by atomic mass is 15.0. The summed E-state index contributed by atoms with van der Waals surface area (Å²) in [5.41, 5.74) is 12.4. The second kappa shape index (κ2) is 11.7. The molecule has 0 spiro atoms. The van der Waals surface area contributed by atoms with Crippen LogP contribution in [0.4, 0.5) is 0 Å². The normalized spacial score (nSPS) is 14.8. The maximum atomic E-state index is 4.81. The minimum Gasteiger partial charge on any atom is -0.378 e. The summed E-state index contributed by atoms with van der Waals surface area (Å²) < 4.78 is 2.28. The number of fused-ring (bicyclic) bond motifs is 3. The van der Waals surface area contributed by atoms with Crippen molar-refractivity contribution in [2.75, 3.05) is 0 Å². The molecule has 0 bridgehead atoms. The van der Waals surface area contributed by atoms with Crippen molar-refractivity contribution < 1.29 is 0 Å². The largest absolute Gasteiger partial charge is 0.378 e. The van der Waals surface area contributed by atoms with Crippen LogP contribution < -0.4 is 5.32 Å². The molecule has 1 aliphatic heterocycles. The fraction of sp³-hybridized carbons (Fsp3) is 0.0500. The van der Waals surface area contributed by atoms with Crippen LogP contribution in [-0.4, -0.2) is 24.5 Å². The van der Waals surface area contributed by atoms with Crippen molar-refractivity contribution in [1.82, 2.24) is 29.8 Å². The van der Waals surface area contributed by atoms with E-state index in [1.54, 1.807) is 0 Å². The number of hydrogen-bond donors (Lipinski definition) is 1. The van der Waals surface area contributed by atoms with Gasteiger partial charge in [-0.05, 0) is 84.3 Å². The second-order valence-corrected chi connectivity index (χ2v) is 11.2. The Morgan fingerprint density at radius 3 is 2.24 bits per heavy atom. The highest BCUT2D eigenvalue weighted by molar-refractivity contribution is 6.07. The van der Waals surface area contributed by atoms with E-state index in [0.29, 0.717) is 0 Å². The molecule has 6 nitrogen and oxygen atoms in total. The van der Waals surface area contributed by atoms with Gasteiger partial charge in [-0.3, -0.25) is 19.9 Å². The Bertz CT molecular complexity index is 2220. The maximum absolute atomic E-state index is 4.81. The summed E-state index contributed by atoms with van der Waals surface area (Å²) >= 11 is 0. The Kier molecular flexibility index (Phi) is 7.00. The molecule has 1 unspecified atom stereocenters. The molecule has 0 amide bonds. The third-order valence-electron chi connectivity index (χ3n) is 8.39. The minimum absolute atomic E-state index is 0.00997. The number of dihydropyridines is 1. The monoisotopic (exact) mass is 594 g/mol. The SMILES string of the molecule is C/C=C\C1=CC(c2ccc(-c3ccc(-c4cccc(-n5c6ccccc6c6ncccc65)c4)cn3)nc2)=CNC1c1ccccn1. The predicted octanol–water partition coefficient (Wildman–Crippen LogP) is 8.89. The van der Waals surface area contributed by atoms with Crippen LogP contribution in [0.5, 0.6) is 0 Å². The third kappa shape index (κ3) is 4.96. The first-order chi connectivity index (χ1) is 22.8. The average molecular weight is 595 g/mol. The highest BCUT2D eigenvalue weighted by Gasteiger charge is 2.19. The van der Waals surface area contributed by atoms with Crippen molar-refractivity contribution >= 4 is 27.5 Å². The van der Waals surface area contributed by atoms with Crippen LogP contribution >= 0.6 is 0 Å². The first-order valence-electron chi connectivity index (χ1n) is 15.4. The van der Waals surface area contributed by atoms with Gasteiger partial charge in [0, 0.05) is 53.2 Å². The number of aromatic nitrogens is 5. The van der Waals surface area contributed by atoms with Crippen molar-refractivity contribution in [2.24, 2.45) is 0 Å². The van der Waals surface area contributed by atoms with Crippen LogP contribution in [0.15, 0.2) is 158 Å². The van der Waals surface area contributed by atoms with Gasteiger partial charge >= 0.3 is 0 Å². The molecule has 6 heteroatoms. The highest BCUT2D eigenvalue weighted by Crippen LogP contribution is 2.33. The summed E-state index contributed by atoms with van der Waals surface area (Å²) in [4.78, 5) is 18.8. The molecule has 2 aromatic carbocycles. The lowest BCUT2D eigenvalue weighted by molar-refractivity contribution is 0.697. The van der Waals surface area contributed by atoms with Gasteiger partial charge in [0.1, 0.15) is 0 Å². The quantitative estimate of drug-likeness (QED) is 0.208. The summed E-state index contributed by atoms with van der Waals surface area (Å²) in [5.74, 6) is 0. The summed E-state index contributed by atoms with van der Waals surface area (Å²) in [5, 5.41) is 4.67. The minimum atomic E-state index is 0.00997. The second-order valence-electron chi connectivity index (χ2n) is 11.2. The first kappa shape index (κ1) is 27.4. The fourth-order valence-corrected chi connectivity index (χ4v) is 6.20. The smallest absolute Gasteiger partial charge is 0.0963 e. The Morgan fingerprint density at radius 1 is 0.674 bits per heavy atom. The molecular formula is C40H30N6. The molecule has 5 aromatic heterocycles. The molecule has 0 saturated heterocycles. The molecule has 1 N–H and O–H groups in total. The third-order valence-corrected chi connectivity index (χ3v) is 8.39. The number of rotatable bonds is 6. The zero-order valence-electron chi connectivity index (χ0n) is 25.2. The molecule has 0 radical (unpaired) electrons. The van der Waals surface area contributed by atoms with E-state index in [1.807, 2.05) is 74.3 Å². The number of nitrogens with one attached hydrogen (secondary N) is 1. The Balaban J connectivity index is 1.05. The Labute approximate surface area is 267 Å². The van der Waals surface area contributed by atoms with Gasteiger partial charge in [0.2, 0.25) is 0 Å². The van der Waals surface area contributed by atoms with Crippen LogP contribution in [0.2, 0.25) is 0 Å². The lowest BCUT2D eigenvalue weighted by atomic mass is 9.94. The van der Waals surface area contributed by atoms with Gasteiger partial charge in [0.15, 0.2) is 0 Å². The number of hydrogen-bond acceptors (Lipinski definition) is 5. The van der Waals surface area contributed by atoms with E-state index in [-0.39, 0.29) is 6.04 Å². The molecule has 0 fully saturated rings. The topological polar surface area (TPSA) is 68.5 Å². The number of pyridine rings is 4. The van der Waals surface area contributed by atoms with Gasteiger partial charge in [-0.15, -0.1) is 0 Å². The molecule has 1 atom stereocenters. The standard InChI is InChI=1S/C40H30N6/c1-2-9-28-22-31(26-45-39(28)36-13-5-6-20-41-36)30-17-19-35(44-25-30)34-18-16-29(24-43-34)27-10-7-11-32(23-27)46-37-14-4-3-12-33(37)40-38(46)15-8-21-42-40/h2-26,39,45H,1H3/b9-2-. The molecular weight excluding hydrogens is 564 g/mol. The van der Waals surface area contributed by atoms with Crippen molar-refractivity contribution in [1.29, 1.82) is 0 Å². The van der Waals surface area contributed by atoms with Gasteiger partial charge in [-0.25, -0.2) is 0 Å². The van der Waals surface area contributed by atoms with Gasteiger partial charge in [-0.2, -0.15) is 0 Å². The number of benzene rings is 2. The van der Waals surface area contributed by atoms with Crippen molar-refractivity contribution in [3.63, 3.8) is 0 Å². The van der Waals surface area contributed by atoms with Gasteiger partial charge in [-0.1, -0.05) is 60.7 Å².